The second kappa shape index (κ2) is 6.57. The maximum absolute atomic E-state index is 12.5. The number of nitrogens with zero attached hydrogens (tertiary/aromatic N) is 1. The molecule has 0 heterocycles. The summed E-state index contributed by atoms with van der Waals surface area (Å²) in [5.74, 6) is -2.04. The molecule has 0 bridgehead atoms. The van der Waals surface area contributed by atoms with Gasteiger partial charge in [-0.1, -0.05) is 42.0 Å². The molecule has 1 aliphatic rings. The van der Waals surface area contributed by atoms with Crippen LogP contribution in [0.4, 0.5) is 0 Å². The van der Waals surface area contributed by atoms with Gasteiger partial charge in [0.25, 0.3) is 0 Å². The minimum Gasteiger partial charge on any atom is -0.481 e. The van der Waals surface area contributed by atoms with E-state index < -0.39 is 17.8 Å². The molecule has 0 radical (unpaired) electrons. The molecular formula is C17H21NO3. The average molecular weight is 287 g/mol. The number of carboxylic acid groups (broad SMARTS) is 1. The zero-order valence-electron chi connectivity index (χ0n) is 12.5. The number of amides is 1. The Morgan fingerprint density at radius 3 is 2.52 bits per heavy atom. The summed E-state index contributed by atoms with van der Waals surface area (Å²) in [5.41, 5.74) is 2.21. The molecule has 0 saturated heterocycles. The Hall–Kier alpha value is -2.10. The number of hydrogen-bond acceptors (Lipinski definition) is 2. The molecular weight excluding hydrogens is 266 g/mol. The third-order valence-electron chi connectivity index (χ3n) is 3.95. The minimum absolute atomic E-state index is 0.0896. The molecule has 1 aromatic rings. The van der Waals surface area contributed by atoms with Crippen molar-refractivity contribution in [3.8, 4) is 0 Å². The van der Waals surface area contributed by atoms with Gasteiger partial charge in [-0.15, -0.1) is 0 Å². The van der Waals surface area contributed by atoms with Gasteiger partial charge < -0.3 is 10.0 Å². The fourth-order valence-corrected chi connectivity index (χ4v) is 2.81. The van der Waals surface area contributed by atoms with Gasteiger partial charge in [0.15, 0.2) is 0 Å². The van der Waals surface area contributed by atoms with Crippen molar-refractivity contribution in [1.29, 1.82) is 0 Å². The molecule has 1 amide bonds. The number of aliphatic carboxylic acids is 1. The Bertz CT molecular complexity index is 565. The van der Waals surface area contributed by atoms with E-state index in [1.165, 1.54) is 0 Å². The van der Waals surface area contributed by atoms with Crippen molar-refractivity contribution < 1.29 is 14.7 Å². The molecule has 1 aliphatic carbocycles. The predicted molar refractivity (Wildman–Crippen MR) is 80.6 cm³/mol. The Balaban J connectivity index is 2.07. The summed E-state index contributed by atoms with van der Waals surface area (Å²) < 4.78 is 0. The van der Waals surface area contributed by atoms with Gasteiger partial charge in [0.05, 0.1) is 11.8 Å². The lowest BCUT2D eigenvalue weighted by Crippen LogP contribution is -2.39. The lowest BCUT2D eigenvalue weighted by atomic mass is 9.82. The largest absolute Gasteiger partial charge is 0.481 e. The van der Waals surface area contributed by atoms with Crippen LogP contribution >= 0.6 is 0 Å². The molecule has 1 aromatic carbocycles. The molecule has 1 N–H and O–H groups in total. The van der Waals surface area contributed by atoms with Crippen LogP contribution in [0.25, 0.3) is 0 Å². The minimum atomic E-state index is -0.887. The Labute approximate surface area is 125 Å². The molecule has 0 aromatic heterocycles. The van der Waals surface area contributed by atoms with Crippen LogP contribution in [0, 0.1) is 18.8 Å². The standard InChI is InChI=1S/C17H21NO3/c1-12-6-5-7-13(10-12)11-18(2)16(19)14-8-3-4-9-15(14)17(20)21/h3-7,10,14-15H,8-9,11H2,1-2H3,(H,20,21). The first kappa shape index (κ1) is 15.3. The number of rotatable bonds is 4. The van der Waals surface area contributed by atoms with Gasteiger partial charge in [0, 0.05) is 13.6 Å². The molecule has 112 valence electrons. The van der Waals surface area contributed by atoms with Gasteiger partial charge in [0.2, 0.25) is 5.91 Å². The zero-order chi connectivity index (χ0) is 15.4. The second-order valence-electron chi connectivity index (χ2n) is 5.68. The summed E-state index contributed by atoms with van der Waals surface area (Å²) >= 11 is 0. The van der Waals surface area contributed by atoms with Crippen molar-refractivity contribution in [2.45, 2.75) is 26.3 Å². The van der Waals surface area contributed by atoms with Crippen LogP contribution in [0.3, 0.4) is 0 Å². The smallest absolute Gasteiger partial charge is 0.307 e. The lowest BCUT2D eigenvalue weighted by molar-refractivity contribution is -0.150. The molecule has 21 heavy (non-hydrogen) atoms. The van der Waals surface area contributed by atoms with Crippen LogP contribution in [0.2, 0.25) is 0 Å². The van der Waals surface area contributed by atoms with Crippen molar-refractivity contribution in [2.24, 2.45) is 11.8 Å². The first-order valence-corrected chi connectivity index (χ1v) is 7.17. The average Bonchev–Trinajstić information content (AvgIpc) is 2.46. The van der Waals surface area contributed by atoms with Gasteiger partial charge in [-0.3, -0.25) is 9.59 Å². The summed E-state index contributed by atoms with van der Waals surface area (Å²) in [4.78, 5) is 25.5. The summed E-state index contributed by atoms with van der Waals surface area (Å²) in [6.45, 7) is 2.52. The number of allylic oxidation sites excluding steroid dienone is 2. The van der Waals surface area contributed by atoms with E-state index in [1.54, 1.807) is 11.9 Å². The molecule has 2 rings (SSSR count). The third kappa shape index (κ3) is 3.72. The summed E-state index contributed by atoms with van der Waals surface area (Å²) in [7, 11) is 1.74. The van der Waals surface area contributed by atoms with Gasteiger partial charge in [0.1, 0.15) is 0 Å². The molecule has 0 fully saturated rings. The fourth-order valence-electron chi connectivity index (χ4n) is 2.81. The number of carbonyl (C=O) groups excluding carboxylic acids is 1. The van der Waals surface area contributed by atoms with Crippen LogP contribution in [-0.2, 0) is 16.1 Å². The lowest BCUT2D eigenvalue weighted by Gasteiger charge is -2.28. The normalized spacial score (nSPS) is 21.0. The van der Waals surface area contributed by atoms with E-state index in [9.17, 15) is 14.7 Å². The Kier molecular flexibility index (Phi) is 4.78. The Morgan fingerprint density at radius 2 is 1.90 bits per heavy atom. The maximum Gasteiger partial charge on any atom is 0.307 e. The number of benzene rings is 1. The fraction of sp³-hybridized carbons (Fsp3) is 0.412. The molecule has 0 saturated carbocycles. The quantitative estimate of drug-likeness (QED) is 0.866. The van der Waals surface area contributed by atoms with Gasteiger partial charge in [-0.05, 0) is 25.3 Å². The second-order valence-corrected chi connectivity index (χ2v) is 5.68. The van der Waals surface area contributed by atoms with Crippen LogP contribution in [-0.4, -0.2) is 28.9 Å². The molecule has 4 heteroatoms. The van der Waals surface area contributed by atoms with Crippen LogP contribution in [0.1, 0.15) is 24.0 Å². The molecule has 0 spiro atoms. The van der Waals surface area contributed by atoms with E-state index in [0.29, 0.717) is 19.4 Å². The Morgan fingerprint density at radius 1 is 1.24 bits per heavy atom. The zero-order valence-corrected chi connectivity index (χ0v) is 12.5. The van der Waals surface area contributed by atoms with Gasteiger partial charge >= 0.3 is 5.97 Å². The van der Waals surface area contributed by atoms with E-state index in [-0.39, 0.29) is 5.91 Å². The molecule has 2 unspecified atom stereocenters. The first-order chi connectivity index (χ1) is 9.99. The highest BCUT2D eigenvalue weighted by atomic mass is 16.4. The summed E-state index contributed by atoms with van der Waals surface area (Å²) in [6.07, 6.45) is 4.70. The maximum atomic E-state index is 12.5. The van der Waals surface area contributed by atoms with Crippen molar-refractivity contribution in [3.05, 3.63) is 47.5 Å². The molecule has 4 nitrogen and oxygen atoms in total. The number of hydrogen-bond donors (Lipinski definition) is 1. The highest BCUT2D eigenvalue weighted by Gasteiger charge is 2.35. The molecule has 0 aliphatic heterocycles. The SMILES string of the molecule is Cc1cccc(CN(C)C(=O)C2CC=CCC2C(=O)O)c1. The van der Waals surface area contributed by atoms with Crippen LogP contribution < -0.4 is 0 Å². The van der Waals surface area contributed by atoms with E-state index >= 15 is 0 Å². The van der Waals surface area contributed by atoms with Crippen molar-refractivity contribution >= 4 is 11.9 Å². The summed E-state index contributed by atoms with van der Waals surface area (Å²) in [5, 5.41) is 9.26. The highest BCUT2D eigenvalue weighted by molar-refractivity contribution is 5.85. The topological polar surface area (TPSA) is 57.6 Å². The van der Waals surface area contributed by atoms with Crippen molar-refractivity contribution in [2.75, 3.05) is 7.05 Å². The van der Waals surface area contributed by atoms with E-state index in [4.69, 9.17) is 0 Å². The predicted octanol–water partition coefficient (Wildman–Crippen LogP) is 2.62. The van der Waals surface area contributed by atoms with E-state index in [2.05, 4.69) is 0 Å². The van der Waals surface area contributed by atoms with Crippen molar-refractivity contribution in [3.63, 3.8) is 0 Å². The van der Waals surface area contributed by atoms with Crippen LogP contribution in [0.5, 0.6) is 0 Å². The summed E-state index contributed by atoms with van der Waals surface area (Å²) in [6, 6.07) is 8.00. The highest BCUT2D eigenvalue weighted by Crippen LogP contribution is 2.27. The first-order valence-electron chi connectivity index (χ1n) is 7.17. The number of carboxylic acids is 1. The number of aryl methyl sites for hydroxylation is 1. The van der Waals surface area contributed by atoms with E-state index in [0.717, 1.165) is 11.1 Å². The molecule has 2 atom stereocenters. The van der Waals surface area contributed by atoms with Crippen molar-refractivity contribution in [1.82, 2.24) is 4.90 Å². The monoisotopic (exact) mass is 287 g/mol. The van der Waals surface area contributed by atoms with Crippen LogP contribution in [0.15, 0.2) is 36.4 Å². The third-order valence-corrected chi connectivity index (χ3v) is 3.95. The van der Waals surface area contributed by atoms with E-state index in [1.807, 2.05) is 43.3 Å². The van der Waals surface area contributed by atoms with Gasteiger partial charge in [-0.2, -0.15) is 0 Å². The number of carbonyl (C=O) groups is 2. The van der Waals surface area contributed by atoms with Gasteiger partial charge in [-0.25, -0.2) is 0 Å².